The summed E-state index contributed by atoms with van der Waals surface area (Å²) >= 11 is 0. The minimum atomic E-state index is -0.295. The predicted octanol–water partition coefficient (Wildman–Crippen LogP) is 7.29. The Morgan fingerprint density at radius 3 is 2.56 bits per heavy atom. The molecule has 0 atom stereocenters. The Balaban J connectivity index is 0.00000226. The molecule has 212 valence electrons. The molecule has 6 heteroatoms. The van der Waals surface area contributed by atoms with E-state index < -0.39 is 0 Å². The zero-order valence-corrected chi connectivity index (χ0v) is 24.2. The lowest BCUT2D eigenvalue weighted by molar-refractivity contribution is 0.248. The number of allylic oxidation sites excluding steroid dienone is 5. The van der Waals surface area contributed by atoms with Gasteiger partial charge in [-0.2, -0.15) is 0 Å². The number of nitrogens with zero attached hydrogens (tertiary/aromatic N) is 3. The number of H-pyrrole nitrogens is 1. The minimum Gasteiger partial charge on any atom is -0.383 e. The zero-order valence-electron chi connectivity index (χ0n) is 24.2. The molecule has 0 bridgehead atoms. The fourth-order valence-corrected chi connectivity index (χ4v) is 5.03. The van der Waals surface area contributed by atoms with E-state index in [0.29, 0.717) is 12.2 Å². The Kier molecular flexibility index (Phi) is 11.6. The Morgan fingerprint density at radius 1 is 1.15 bits per heavy atom. The third-order valence-electron chi connectivity index (χ3n) is 7.07. The summed E-state index contributed by atoms with van der Waals surface area (Å²) < 4.78 is 14.0. The standard InChI is InChI=1S/C33H38FN5.C2H2/c1-5-12-30(26-13-11-14-29(34)19-26)32-23(4)37-31(38-32)20-27-18-28(21-36-33(27)35)25(7-3)17-24(6-2)22-39-15-9-8-10-16-39;1-2/h5-7,11-14,17-19,21H,1-2,8-10,15-16,20,22H2,3-4H3,(H2,35,36)(H,37,38);1-2H/b24-17+,25-7+,30-12-;. The van der Waals surface area contributed by atoms with Gasteiger partial charge in [0.1, 0.15) is 17.5 Å². The van der Waals surface area contributed by atoms with Gasteiger partial charge in [0.2, 0.25) is 0 Å². The first kappa shape index (κ1) is 31.1. The summed E-state index contributed by atoms with van der Waals surface area (Å²) in [7, 11) is 0. The second-order valence-electron chi connectivity index (χ2n) is 9.93. The van der Waals surface area contributed by atoms with Gasteiger partial charge in [-0.25, -0.2) is 14.4 Å². The van der Waals surface area contributed by atoms with Crippen molar-refractivity contribution in [3.63, 3.8) is 0 Å². The Labute approximate surface area is 244 Å². The number of imidazole rings is 1. The molecule has 4 rings (SSSR count). The number of hydrogen-bond acceptors (Lipinski definition) is 4. The summed E-state index contributed by atoms with van der Waals surface area (Å²) in [4.78, 5) is 15.3. The fraction of sp³-hybridized carbons (Fsp3) is 0.257. The van der Waals surface area contributed by atoms with Crippen molar-refractivity contribution in [2.24, 2.45) is 0 Å². The number of piperidine rings is 1. The molecular weight excluding hydrogens is 509 g/mol. The summed E-state index contributed by atoms with van der Waals surface area (Å²) in [5, 5.41) is 0. The van der Waals surface area contributed by atoms with Gasteiger partial charge in [0.15, 0.2) is 0 Å². The molecule has 3 N–H and O–H groups in total. The van der Waals surface area contributed by atoms with E-state index >= 15 is 0 Å². The van der Waals surface area contributed by atoms with Gasteiger partial charge in [-0.15, -0.1) is 12.8 Å². The molecular formula is C35H40FN5. The van der Waals surface area contributed by atoms with Crippen LogP contribution in [0, 0.1) is 25.6 Å². The van der Waals surface area contributed by atoms with Crippen LogP contribution in [0.25, 0.3) is 11.1 Å². The molecule has 41 heavy (non-hydrogen) atoms. The van der Waals surface area contributed by atoms with Gasteiger partial charge in [-0.1, -0.05) is 62.1 Å². The lowest BCUT2D eigenvalue weighted by atomic mass is 10.0. The molecule has 1 aromatic carbocycles. The van der Waals surface area contributed by atoms with Crippen LogP contribution >= 0.6 is 0 Å². The van der Waals surface area contributed by atoms with E-state index in [0.717, 1.165) is 64.7 Å². The van der Waals surface area contributed by atoms with Crippen molar-refractivity contribution in [2.75, 3.05) is 25.4 Å². The van der Waals surface area contributed by atoms with Crippen molar-refractivity contribution in [1.29, 1.82) is 0 Å². The highest BCUT2D eigenvalue weighted by molar-refractivity contribution is 5.80. The van der Waals surface area contributed by atoms with Crippen LogP contribution in [0.15, 0.2) is 85.6 Å². The molecule has 5 nitrogen and oxygen atoms in total. The van der Waals surface area contributed by atoms with Crippen LogP contribution in [0.5, 0.6) is 0 Å². The Morgan fingerprint density at radius 2 is 1.90 bits per heavy atom. The largest absolute Gasteiger partial charge is 0.383 e. The SMILES string of the molecule is C#C.C=C/C=C(/c1cccc(F)c1)c1nc(Cc2cc(C(/C=C(\C=C)CN3CCCCC3)=C/C)cnc2N)[nH]c1C. The summed E-state index contributed by atoms with van der Waals surface area (Å²) in [6, 6.07) is 8.58. The van der Waals surface area contributed by atoms with Gasteiger partial charge in [-0.3, -0.25) is 4.90 Å². The molecule has 2 aromatic heterocycles. The van der Waals surface area contributed by atoms with E-state index in [1.54, 1.807) is 12.1 Å². The zero-order chi connectivity index (χ0) is 29.8. The van der Waals surface area contributed by atoms with E-state index in [9.17, 15) is 4.39 Å². The number of hydrogen-bond donors (Lipinski definition) is 2. The average molecular weight is 550 g/mol. The van der Waals surface area contributed by atoms with E-state index in [1.807, 2.05) is 38.3 Å². The number of anilines is 1. The Hall–Kier alpha value is -4.47. The summed E-state index contributed by atoms with van der Waals surface area (Å²) in [6.45, 7) is 15.1. The molecule has 1 saturated heterocycles. The van der Waals surface area contributed by atoms with E-state index in [-0.39, 0.29) is 5.82 Å². The lowest BCUT2D eigenvalue weighted by Gasteiger charge is -2.26. The smallest absolute Gasteiger partial charge is 0.127 e. The van der Waals surface area contributed by atoms with E-state index in [1.165, 1.54) is 37.0 Å². The summed E-state index contributed by atoms with van der Waals surface area (Å²) in [5.41, 5.74) is 13.6. The Bertz CT molecular complexity index is 1460. The van der Waals surface area contributed by atoms with Gasteiger partial charge in [0.25, 0.3) is 0 Å². The van der Waals surface area contributed by atoms with E-state index in [4.69, 9.17) is 10.7 Å². The maximum absolute atomic E-state index is 14.0. The van der Waals surface area contributed by atoms with Gasteiger partial charge < -0.3 is 10.7 Å². The van der Waals surface area contributed by atoms with Crippen molar-refractivity contribution < 1.29 is 4.39 Å². The fourth-order valence-electron chi connectivity index (χ4n) is 5.03. The number of halogens is 1. The number of nitrogen functional groups attached to an aromatic ring is 1. The third-order valence-corrected chi connectivity index (χ3v) is 7.07. The highest BCUT2D eigenvalue weighted by Crippen LogP contribution is 2.28. The number of aryl methyl sites for hydroxylation is 1. The van der Waals surface area contributed by atoms with Crippen molar-refractivity contribution in [3.05, 3.63) is 125 Å². The van der Waals surface area contributed by atoms with Crippen LogP contribution in [0.3, 0.4) is 0 Å². The van der Waals surface area contributed by atoms with Crippen LogP contribution in [-0.4, -0.2) is 39.5 Å². The maximum atomic E-state index is 14.0. The van der Waals surface area contributed by atoms with Gasteiger partial charge in [0, 0.05) is 41.6 Å². The molecule has 1 aliphatic rings. The molecule has 0 saturated carbocycles. The molecule has 0 amide bonds. The topological polar surface area (TPSA) is 70.8 Å². The first-order valence-corrected chi connectivity index (χ1v) is 13.9. The molecule has 0 aliphatic carbocycles. The molecule has 3 heterocycles. The highest BCUT2D eigenvalue weighted by atomic mass is 19.1. The van der Waals surface area contributed by atoms with Gasteiger partial charge in [-0.05, 0) is 74.7 Å². The number of aromatic nitrogens is 3. The first-order valence-electron chi connectivity index (χ1n) is 13.9. The predicted molar refractivity (Wildman–Crippen MR) is 171 cm³/mol. The lowest BCUT2D eigenvalue weighted by Crippen LogP contribution is -2.31. The van der Waals surface area contributed by atoms with Crippen LogP contribution in [0.1, 0.15) is 60.1 Å². The summed E-state index contributed by atoms with van der Waals surface area (Å²) in [6.07, 6.45) is 23.9. The molecule has 0 radical (unpaired) electrons. The number of pyridine rings is 1. The number of benzene rings is 1. The van der Waals surface area contributed by atoms with Crippen molar-refractivity contribution >= 4 is 17.0 Å². The van der Waals surface area contributed by atoms with E-state index in [2.05, 4.69) is 59.1 Å². The molecule has 0 spiro atoms. The van der Waals surface area contributed by atoms with Crippen LogP contribution in [0.4, 0.5) is 10.2 Å². The number of nitrogens with one attached hydrogen (secondary N) is 1. The van der Waals surface area contributed by atoms with Gasteiger partial charge in [0.05, 0.1) is 5.69 Å². The maximum Gasteiger partial charge on any atom is 0.127 e. The number of terminal acetylenes is 1. The van der Waals surface area contributed by atoms with Crippen LogP contribution in [0.2, 0.25) is 0 Å². The second kappa shape index (κ2) is 15.4. The summed E-state index contributed by atoms with van der Waals surface area (Å²) in [5.74, 6) is 0.933. The number of nitrogens with two attached hydrogens (primary N) is 1. The molecule has 0 unspecified atom stereocenters. The molecule has 1 aliphatic heterocycles. The first-order chi connectivity index (χ1) is 19.9. The van der Waals surface area contributed by atoms with Crippen molar-refractivity contribution in [3.8, 4) is 12.8 Å². The van der Waals surface area contributed by atoms with Gasteiger partial charge >= 0.3 is 0 Å². The van der Waals surface area contributed by atoms with Crippen molar-refractivity contribution in [2.45, 2.75) is 39.5 Å². The molecule has 3 aromatic rings. The highest BCUT2D eigenvalue weighted by Gasteiger charge is 2.16. The third kappa shape index (κ3) is 8.26. The number of aromatic amines is 1. The quantitative estimate of drug-likeness (QED) is 0.206. The average Bonchev–Trinajstić information content (AvgIpc) is 3.35. The number of rotatable bonds is 10. The van der Waals surface area contributed by atoms with Crippen LogP contribution < -0.4 is 5.73 Å². The second-order valence-corrected chi connectivity index (χ2v) is 9.93. The monoisotopic (exact) mass is 549 g/mol. The molecule has 1 fully saturated rings. The van der Waals surface area contributed by atoms with Crippen molar-refractivity contribution in [1.82, 2.24) is 19.9 Å². The van der Waals surface area contributed by atoms with Crippen LogP contribution in [-0.2, 0) is 6.42 Å². The minimum absolute atomic E-state index is 0.295. The normalized spacial score (nSPS) is 14.7. The number of likely N-dealkylation sites (tertiary alicyclic amines) is 1.